The van der Waals surface area contributed by atoms with E-state index in [-0.39, 0.29) is 6.42 Å². The van der Waals surface area contributed by atoms with E-state index in [4.69, 9.17) is 37.8 Å². The lowest BCUT2D eigenvalue weighted by atomic mass is 9.99. The van der Waals surface area contributed by atoms with Crippen molar-refractivity contribution in [3.05, 3.63) is 58.1 Å². The number of nitrogens with one attached hydrogen (secondary N) is 1. The number of aliphatic hydroxyl groups is 3. The molecule has 0 spiro atoms. The van der Waals surface area contributed by atoms with Crippen LogP contribution in [-0.2, 0) is 25.5 Å². The number of ether oxygens (including phenoxy) is 2. The Kier molecular flexibility index (Phi) is 7.37. The van der Waals surface area contributed by atoms with E-state index in [9.17, 15) is 24.9 Å². The monoisotopic (exact) mass is 471 g/mol. The van der Waals surface area contributed by atoms with E-state index in [0.29, 0.717) is 27.0 Å². The molecule has 1 aliphatic heterocycles. The molecule has 0 saturated carbocycles. The van der Waals surface area contributed by atoms with Crippen molar-refractivity contribution >= 4 is 46.5 Å². The number of aliphatic carboxylic acids is 1. The van der Waals surface area contributed by atoms with Gasteiger partial charge in [0.15, 0.2) is 6.10 Å². The first-order valence-corrected chi connectivity index (χ1v) is 9.85. The van der Waals surface area contributed by atoms with Crippen molar-refractivity contribution in [3.63, 3.8) is 0 Å². The van der Waals surface area contributed by atoms with Crippen molar-refractivity contribution in [1.82, 2.24) is 0 Å². The molecule has 0 radical (unpaired) electrons. The maximum Gasteiger partial charge on any atom is 0.335 e. The van der Waals surface area contributed by atoms with Gasteiger partial charge in [0, 0.05) is 5.69 Å². The summed E-state index contributed by atoms with van der Waals surface area (Å²) in [6, 6.07) is 11.7. The fraction of sp³-hybridized carbons (Fsp3) is 0.300. The van der Waals surface area contributed by atoms with Crippen LogP contribution in [-0.4, -0.2) is 63.1 Å². The highest BCUT2D eigenvalue weighted by molar-refractivity contribution is 6.39. The van der Waals surface area contributed by atoms with Gasteiger partial charge in [-0.25, -0.2) is 4.79 Å². The van der Waals surface area contributed by atoms with Gasteiger partial charge in [-0.3, -0.25) is 4.79 Å². The molecule has 2 aromatic carbocycles. The van der Waals surface area contributed by atoms with E-state index in [1.165, 1.54) is 0 Å². The van der Waals surface area contributed by atoms with Crippen LogP contribution in [0.3, 0.4) is 0 Å². The number of para-hydroxylation sites is 2. The highest BCUT2D eigenvalue weighted by atomic mass is 35.5. The molecule has 0 aromatic heterocycles. The molecule has 1 fully saturated rings. The van der Waals surface area contributed by atoms with Gasteiger partial charge < -0.3 is 35.2 Å². The number of halogens is 2. The summed E-state index contributed by atoms with van der Waals surface area (Å²) in [5, 5.41) is 42.4. The Bertz CT molecular complexity index is 952. The van der Waals surface area contributed by atoms with Crippen LogP contribution in [0.15, 0.2) is 42.5 Å². The van der Waals surface area contributed by atoms with Gasteiger partial charge in [0.1, 0.15) is 18.3 Å². The molecule has 0 aliphatic carbocycles. The molecule has 1 unspecified atom stereocenters. The van der Waals surface area contributed by atoms with Crippen LogP contribution in [0.25, 0.3) is 0 Å². The predicted molar refractivity (Wildman–Crippen MR) is 110 cm³/mol. The quantitative estimate of drug-likeness (QED) is 0.397. The third-order valence-electron chi connectivity index (χ3n) is 4.64. The predicted octanol–water partition coefficient (Wildman–Crippen LogP) is 1.71. The summed E-state index contributed by atoms with van der Waals surface area (Å²) in [5.74, 6) is -2.44. The van der Waals surface area contributed by atoms with E-state index in [1.54, 1.807) is 42.5 Å². The van der Waals surface area contributed by atoms with Gasteiger partial charge in [-0.1, -0.05) is 47.5 Å². The molecule has 0 bridgehead atoms. The number of carboxylic acid groups (broad SMARTS) is 1. The van der Waals surface area contributed by atoms with Gasteiger partial charge in [-0.05, 0) is 23.8 Å². The van der Waals surface area contributed by atoms with Crippen LogP contribution in [0.5, 0.6) is 0 Å². The molecule has 31 heavy (non-hydrogen) atoms. The number of carboxylic acids is 1. The third-order valence-corrected chi connectivity index (χ3v) is 5.27. The molecule has 1 saturated heterocycles. The van der Waals surface area contributed by atoms with Crippen molar-refractivity contribution in [2.75, 3.05) is 5.32 Å². The van der Waals surface area contributed by atoms with Crippen molar-refractivity contribution < 1.29 is 39.5 Å². The van der Waals surface area contributed by atoms with Gasteiger partial charge in [0.25, 0.3) is 0 Å². The molecule has 166 valence electrons. The fourth-order valence-corrected chi connectivity index (χ4v) is 3.52. The Balaban J connectivity index is 1.73. The summed E-state index contributed by atoms with van der Waals surface area (Å²) in [6.45, 7) is 0. The van der Waals surface area contributed by atoms with E-state index in [0.717, 1.165) is 0 Å². The Morgan fingerprint density at radius 3 is 2.26 bits per heavy atom. The minimum atomic E-state index is -1.88. The number of hydrogen-bond donors (Lipinski definition) is 5. The van der Waals surface area contributed by atoms with E-state index >= 15 is 0 Å². The van der Waals surface area contributed by atoms with E-state index in [1.807, 2.05) is 0 Å². The minimum Gasteiger partial charge on any atom is -0.479 e. The molecule has 11 heteroatoms. The van der Waals surface area contributed by atoms with E-state index in [2.05, 4.69) is 5.32 Å². The number of carbonyl (C=O) groups is 2. The highest BCUT2D eigenvalue weighted by Crippen LogP contribution is 2.34. The van der Waals surface area contributed by atoms with E-state index < -0.39 is 42.6 Å². The number of anilines is 2. The van der Waals surface area contributed by atoms with Gasteiger partial charge >= 0.3 is 11.9 Å². The second-order valence-corrected chi connectivity index (χ2v) is 7.59. The van der Waals surface area contributed by atoms with Crippen molar-refractivity contribution in [3.8, 4) is 0 Å². The summed E-state index contributed by atoms with van der Waals surface area (Å²) in [4.78, 5) is 23.6. The third kappa shape index (κ3) is 5.27. The van der Waals surface area contributed by atoms with Crippen LogP contribution in [0, 0.1) is 0 Å². The summed E-state index contributed by atoms with van der Waals surface area (Å²) in [7, 11) is 0. The lowest BCUT2D eigenvalue weighted by Gasteiger charge is -2.37. The Hall–Kier alpha value is -2.40. The van der Waals surface area contributed by atoms with Gasteiger partial charge in [-0.15, -0.1) is 0 Å². The molecule has 9 nitrogen and oxygen atoms in total. The first-order valence-electron chi connectivity index (χ1n) is 9.10. The summed E-state index contributed by atoms with van der Waals surface area (Å²) < 4.78 is 9.99. The van der Waals surface area contributed by atoms with Crippen molar-refractivity contribution in [2.24, 2.45) is 0 Å². The lowest BCUT2D eigenvalue weighted by molar-refractivity contribution is -0.286. The second kappa shape index (κ2) is 9.82. The first kappa shape index (κ1) is 23.3. The van der Waals surface area contributed by atoms with Crippen LogP contribution in [0.1, 0.15) is 5.56 Å². The molecule has 3 rings (SSSR count). The summed E-state index contributed by atoms with van der Waals surface area (Å²) >= 11 is 12.3. The Morgan fingerprint density at radius 2 is 1.61 bits per heavy atom. The number of carbonyl (C=O) groups excluding carboxylic acids is 1. The molecular weight excluding hydrogens is 453 g/mol. The molecule has 0 amide bonds. The van der Waals surface area contributed by atoms with Crippen LogP contribution in [0.4, 0.5) is 11.4 Å². The molecule has 5 atom stereocenters. The van der Waals surface area contributed by atoms with Gasteiger partial charge in [0.2, 0.25) is 6.29 Å². The number of rotatable bonds is 6. The van der Waals surface area contributed by atoms with Gasteiger partial charge in [-0.2, -0.15) is 0 Å². The molecule has 1 heterocycles. The van der Waals surface area contributed by atoms with Gasteiger partial charge in [0.05, 0.1) is 22.2 Å². The minimum absolute atomic E-state index is 0.284. The van der Waals surface area contributed by atoms with Crippen LogP contribution >= 0.6 is 23.2 Å². The smallest absolute Gasteiger partial charge is 0.335 e. The average molecular weight is 472 g/mol. The Labute approximate surface area is 186 Å². The topological polar surface area (TPSA) is 146 Å². The van der Waals surface area contributed by atoms with Crippen LogP contribution < -0.4 is 5.32 Å². The number of benzene rings is 2. The zero-order chi connectivity index (χ0) is 22.7. The summed E-state index contributed by atoms with van der Waals surface area (Å²) in [5.41, 5.74) is 1.45. The van der Waals surface area contributed by atoms with Crippen molar-refractivity contribution in [2.45, 2.75) is 37.1 Å². The standard InChI is InChI=1S/C20H19Cl2NO8/c21-10-5-3-6-11(22)14(10)23-12-7-2-1-4-9(12)8-13(24)30-20-17(27)15(25)16(26)18(31-20)19(28)29/h1-7,15-18,20,23,25-27H,8H2,(H,28,29)/t15-,16-,17-,18?,20+/m1/s1. The molecular formula is C20H19Cl2NO8. The summed E-state index contributed by atoms with van der Waals surface area (Å²) in [6.07, 6.45) is -9.51. The molecule has 5 N–H and O–H groups in total. The van der Waals surface area contributed by atoms with Crippen LogP contribution in [0.2, 0.25) is 10.0 Å². The second-order valence-electron chi connectivity index (χ2n) is 6.78. The number of esters is 1. The maximum absolute atomic E-state index is 12.4. The fourth-order valence-electron chi connectivity index (χ4n) is 3.02. The highest BCUT2D eigenvalue weighted by Gasteiger charge is 2.48. The maximum atomic E-state index is 12.4. The Morgan fingerprint density at radius 1 is 0.968 bits per heavy atom. The molecule has 2 aromatic rings. The SMILES string of the molecule is O=C(Cc1ccccc1Nc1c(Cl)cccc1Cl)O[C@H]1OC(C(=O)O)[C@H](O)[C@@H](O)[C@H]1O. The number of hydrogen-bond acceptors (Lipinski definition) is 8. The zero-order valence-electron chi connectivity index (χ0n) is 15.8. The van der Waals surface area contributed by atoms with Crippen molar-refractivity contribution in [1.29, 1.82) is 0 Å². The average Bonchev–Trinajstić information content (AvgIpc) is 2.72. The largest absolute Gasteiger partial charge is 0.479 e. The zero-order valence-corrected chi connectivity index (χ0v) is 17.3. The lowest BCUT2D eigenvalue weighted by Crippen LogP contribution is -2.60. The first-order chi connectivity index (χ1) is 14.7. The normalized spacial score (nSPS) is 25.6. The number of aliphatic hydroxyl groups excluding tert-OH is 3. The molecule has 1 aliphatic rings.